The highest BCUT2D eigenvalue weighted by atomic mass is 16.5. The number of nitrogens with one attached hydrogen (secondary N) is 1. The lowest BCUT2D eigenvalue weighted by Gasteiger charge is -2.16. The first-order chi connectivity index (χ1) is 12.6. The molecule has 0 radical (unpaired) electrons. The number of aromatic nitrogens is 1. The molecule has 1 atom stereocenters. The third-order valence-corrected chi connectivity index (χ3v) is 4.00. The highest BCUT2D eigenvalue weighted by Crippen LogP contribution is 2.14. The fourth-order valence-corrected chi connectivity index (χ4v) is 2.63. The number of nitrogens with zero attached hydrogens (tertiary/aromatic N) is 1. The lowest BCUT2D eigenvalue weighted by molar-refractivity contribution is -0.142. The zero-order valence-corrected chi connectivity index (χ0v) is 14.2. The maximum Gasteiger partial charge on any atom is 0.328 e. The molecule has 3 aromatic rings. The molecule has 6 heteroatoms. The molecule has 0 fully saturated rings. The zero-order valence-electron chi connectivity index (χ0n) is 14.2. The maximum atomic E-state index is 12.5. The van der Waals surface area contributed by atoms with Crippen molar-refractivity contribution < 1.29 is 19.4 Å². The number of phenols is 1. The second kappa shape index (κ2) is 7.65. The third-order valence-electron chi connectivity index (χ3n) is 4.00. The van der Waals surface area contributed by atoms with E-state index >= 15 is 0 Å². The van der Waals surface area contributed by atoms with Gasteiger partial charge in [0, 0.05) is 11.8 Å². The zero-order chi connectivity index (χ0) is 18.5. The van der Waals surface area contributed by atoms with E-state index in [9.17, 15) is 14.7 Å². The molecule has 0 aliphatic carbocycles. The van der Waals surface area contributed by atoms with Crippen LogP contribution in [0.15, 0.2) is 60.7 Å². The maximum absolute atomic E-state index is 12.5. The number of carbonyl (C=O) groups excluding carboxylic acids is 2. The number of benzene rings is 2. The average Bonchev–Trinajstić information content (AvgIpc) is 2.68. The molecule has 0 spiro atoms. The van der Waals surface area contributed by atoms with Crippen molar-refractivity contribution in [2.45, 2.75) is 12.5 Å². The van der Waals surface area contributed by atoms with Gasteiger partial charge in [0.1, 0.15) is 17.5 Å². The molecule has 2 N–H and O–H groups in total. The topological polar surface area (TPSA) is 88.5 Å². The minimum absolute atomic E-state index is 0.132. The van der Waals surface area contributed by atoms with Gasteiger partial charge in [-0.05, 0) is 29.8 Å². The van der Waals surface area contributed by atoms with E-state index < -0.39 is 17.9 Å². The molecule has 2 aromatic carbocycles. The number of amides is 1. The summed E-state index contributed by atoms with van der Waals surface area (Å²) in [6.45, 7) is 0. The van der Waals surface area contributed by atoms with E-state index in [4.69, 9.17) is 4.74 Å². The van der Waals surface area contributed by atoms with Crippen LogP contribution in [0, 0.1) is 0 Å². The normalized spacial score (nSPS) is 11.7. The summed E-state index contributed by atoms with van der Waals surface area (Å²) in [6.07, 6.45) is 0.242. The standard InChI is InChI=1S/C20H18N2O4/c1-26-20(25)18(12-13-6-9-15(23)10-7-13)22-19(24)17-11-8-14-4-2-3-5-16(14)21-17/h2-11,18,23H,12H2,1H3,(H,22,24)/t18-/m1/s1. The van der Waals surface area contributed by atoms with Crippen LogP contribution in [0.2, 0.25) is 0 Å². The number of pyridine rings is 1. The third kappa shape index (κ3) is 3.97. The molecular formula is C20H18N2O4. The van der Waals surface area contributed by atoms with Gasteiger partial charge in [0.2, 0.25) is 0 Å². The first kappa shape index (κ1) is 17.4. The van der Waals surface area contributed by atoms with Crippen LogP contribution in [0.3, 0.4) is 0 Å². The Hall–Kier alpha value is -3.41. The fraction of sp³-hybridized carbons (Fsp3) is 0.150. The van der Waals surface area contributed by atoms with Crippen molar-refractivity contribution in [1.29, 1.82) is 0 Å². The summed E-state index contributed by atoms with van der Waals surface area (Å²) in [5.41, 5.74) is 1.71. The van der Waals surface area contributed by atoms with Crippen molar-refractivity contribution in [2.75, 3.05) is 7.11 Å². The second-order valence-corrected chi connectivity index (χ2v) is 5.81. The predicted molar refractivity (Wildman–Crippen MR) is 96.8 cm³/mol. The van der Waals surface area contributed by atoms with E-state index in [0.29, 0.717) is 5.52 Å². The summed E-state index contributed by atoms with van der Waals surface area (Å²) < 4.78 is 4.79. The molecule has 6 nitrogen and oxygen atoms in total. The van der Waals surface area contributed by atoms with E-state index in [1.54, 1.807) is 18.2 Å². The first-order valence-corrected chi connectivity index (χ1v) is 8.09. The van der Waals surface area contributed by atoms with Gasteiger partial charge in [0.05, 0.1) is 12.6 Å². The molecule has 26 heavy (non-hydrogen) atoms. The Kier molecular flexibility index (Phi) is 5.12. The van der Waals surface area contributed by atoms with Gasteiger partial charge in [-0.25, -0.2) is 9.78 Å². The summed E-state index contributed by atoms with van der Waals surface area (Å²) in [5.74, 6) is -0.870. The molecule has 0 saturated heterocycles. The average molecular weight is 350 g/mol. The monoisotopic (exact) mass is 350 g/mol. The Morgan fingerprint density at radius 3 is 2.54 bits per heavy atom. The van der Waals surface area contributed by atoms with E-state index in [2.05, 4.69) is 10.3 Å². The van der Waals surface area contributed by atoms with Crippen molar-refractivity contribution in [3.63, 3.8) is 0 Å². The number of fused-ring (bicyclic) bond motifs is 1. The number of methoxy groups -OCH3 is 1. The summed E-state index contributed by atoms with van der Waals surface area (Å²) in [4.78, 5) is 28.9. The fourth-order valence-electron chi connectivity index (χ4n) is 2.63. The van der Waals surface area contributed by atoms with Gasteiger partial charge in [-0.1, -0.05) is 36.4 Å². The number of phenolic OH excluding ortho intramolecular Hbond substituents is 1. The van der Waals surface area contributed by atoms with Gasteiger partial charge in [0.25, 0.3) is 5.91 Å². The molecule has 0 bridgehead atoms. The van der Waals surface area contributed by atoms with Crippen LogP contribution in [0.25, 0.3) is 10.9 Å². The number of ether oxygens (including phenoxy) is 1. The van der Waals surface area contributed by atoms with Gasteiger partial charge < -0.3 is 15.2 Å². The van der Waals surface area contributed by atoms with Gasteiger partial charge in [-0.15, -0.1) is 0 Å². The number of aromatic hydroxyl groups is 1. The van der Waals surface area contributed by atoms with Crippen molar-refractivity contribution in [3.05, 3.63) is 71.9 Å². The van der Waals surface area contributed by atoms with Crippen LogP contribution in [0.4, 0.5) is 0 Å². The van der Waals surface area contributed by atoms with Gasteiger partial charge in [-0.3, -0.25) is 4.79 Å². The number of para-hydroxylation sites is 1. The van der Waals surface area contributed by atoms with Crippen LogP contribution < -0.4 is 5.32 Å². The van der Waals surface area contributed by atoms with Crippen LogP contribution in [-0.4, -0.2) is 35.1 Å². The van der Waals surface area contributed by atoms with Crippen LogP contribution in [0.5, 0.6) is 5.75 Å². The minimum Gasteiger partial charge on any atom is -0.508 e. The molecule has 0 saturated carbocycles. The lowest BCUT2D eigenvalue weighted by Crippen LogP contribution is -2.43. The van der Waals surface area contributed by atoms with Gasteiger partial charge >= 0.3 is 5.97 Å². The second-order valence-electron chi connectivity index (χ2n) is 5.81. The molecule has 132 valence electrons. The SMILES string of the molecule is COC(=O)[C@@H](Cc1ccc(O)cc1)NC(=O)c1ccc2ccccc2n1. The molecule has 1 heterocycles. The Morgan fingerprint density at radius 1 is 1.08 bits per heavy atom. The van der Waals surface area contributed by atoms with Crippen molar-refractivity contribution in [1.82, 2.24) is 10.3 Å². The summed E-state index contributed by atoms with van der Waals surface area (Å²) in [7, 11) is 1.27. The van der Waals surface area contributed by atoms with Crippen LogP contribution in [-0.2, 0) is 16.0 Å². The number of rotatable bonds is 5. The van der Waals surface area contributed by atoms with Crippen LogP contribution in [0.1, 0.15) is 16.1 Å². The number of hydrogen-bond donors (Lipinski definition) is 2. The molecule has 1 aromatic heterocycles. The number of carbonyl (C=O) groups is 2. The quantitative estimate of drug-likeness (QED) is 0.690. The number of esters is 1. The Balaban J connectivity index is 1.79. The lowest BCUT2D eigenvalue weighted by atomic mass is 10.1. The minimum atomic E-state index is -0.856. The van der Waals surface area contributed by atoms with E-state index in [1.807, 2.05) is 30.3 Å². The van der Waals surface area contributed by atoms with E-state index in [-0.39, 0.29) is 17.9 Å². The molecule has 1 amide bonds. The van der Waals surface area contributed by atoms with Gasteiger partial charge in [0.15, 0.2) is 0 Å². The molecular weight excluding hydrogens is 332 g/mol. The molecule has 3 rings (SSSR count). The Morgan fingerprint density at radius 2 is 1.81 bits per heavy atom. The molecule has 0 aliphatic rings. The van der Waals surface area contributed by atoms with Crippen molar-refractivity contribution >= 4 is 22.8 Å². The van der Waals surface area contributed by atoms with Crippen LogP contribution >= 0.6 is 0 Å². The summed E-state index contributed by atoms with van der Waals surface area (Å²) in [6, 6.07) is 16.5. The summed E-state index contributed by atoms with van der Waals surface area (Å²) >= 11 is 0. The first-order valence-electron chi connectivity index (χ1n) is 8.09. The van der Waals surface area contributed by atoms with Gasteiger partial charge in [-0.2, -0.15) is 0 Å². The van der Waals surface area contributed by atoms with E-state index in [0.717, 1.165) is 10.9 Å². The summed E-state index contributed by atoms with van der Waals surface area (Å²) in [5, 5.41) is 13.0. The smallest absolute Gasteiger partial charge is 0.328 e. The Labute approximate surface area is 150 Å². The molecule has 0 unspecified atom stereocenters. The molecule has 0 aliphatic heterocycles. The number of hydrogen-bond acceptors (Lipinski definition) is 5. The highest BCUT2D eigenvalue weighted by molar-refractivity contribution is 5.97. The van der Waals surface area contributed by atoms with E-state index in [1.165, 1.54) is 19.2 Å². The Bertz CT molecular complexity index is 938. The predicted octanol–water partition coefficient (Wildman–Crippen LogP) is 2.45. The van der Waals surface area contributed by atoms with Crippen molar-refractivity contribution in [2.24, 2.45) is 0 Å². The van der Waals surface area contributed by atoms with Crippen molar-refractivity contribution in [3.8, 4) is 5.75 Å². The highest BCUT2D eigenvalue weighted by Gasteiger charge is 2.23. The largest absolute Gasteiger partial charge is 0.508 e.